The number of hydrogen-bond donors (Lipinski definition) is 2. The zero-order valence-corrected chi connectivity index (χ0v) is 16.9. The van der Waals surface area contributed by atoms with E-state index < -0.39 is 0 Å². The summed E-state index contributed by atoms with van der Waals surface area (Å²) in [4.78, 5) is 33.8. The fourth-order valence-corrected chi connectivity index (χ4v) is 3.98. The van der Waals surface area contributed by atoms with Crippen LogP contribution in [0.5, 0.6) is 5.75 Å². The number of aromatic amines is 1. The van der Waals surface area contributed by atoms with Crippen molar-refractivity contribution >= 4 is 45.2 Å². The number of amides is 1. The molecule has 0 unspecified atom stereocenters. The average molecular weight is 428 g/mol. The number of thioether (sulfide) groups is 1. The van der Waals surface area contributed by atoms with E-state index in [0.29, 0.717) is 39.4 Å². The minimum absolute atomic E-state index is 0.0721. The molecule has 11 heteroatoms. The largest absolute Gasteiger partial charge is 0.494 e. The Hall–Kier alpha value is -3.18. The minimum atomic E-state index is -0.268. The number of hydrogen-bond acceptors (Lipinski definition) is 8. The van der Waals surface area contributed by atoms with Crippen LogP contribution in [0.1, 0.15) is 6.92 Å². The lowest BCUT2D eigenvalue weighted by molar-refractivity contribution is -0.113. The Labute approximate surface area is 173 Å². The van der Waals surface area contributed by atoms with Gasteiger partial charge in [0.1, 0.15) is 11.1 Å². The molecular formula is C18H16N6O3S2. The lowest BCUT2D eigenvalue weighted by Gasteiger charge is -2.12. The van der Waals surface area contributed by atoms with Gasteiger partial charge in [0.2, 0.25) is 5.91 Å². The number of anilines is 1. The van der Waals surface area contributed by atoms with Crippen LogP contribution < -0.4 is 15.6 Å². The molecule has 0 saturated heterocycles. The molecule has 9 nitrogen and oxygen atoms in total. The highest BCUT2D eigenvalue weighted by molar-refractivity contribution is 7.99. The standard InChI is InChI=1S/C18H16N6O3S2/c1-2-27-12-5-3-11(4-6-12)24-16(26)13-9-20-23-15(13)22-18(24)29-10-14(25)21-17-19-7-8-28-17/h3-9H,2,10H2,1H3,(H,20,23)(H,19,21,25). The summed E-state index contributed by atoms with van der Waals surface area (Å²) in [6.07, 6.45) is 3.06. The van der Waals surface area contributed by atoms with Crippen LogP contribution in [-0.2, 0) is 4.79 Å². The first kappa shape index (κ1) is 19.2. The summed E-state index contributed by atoms with van der Waals surface area (Å²) in [5, 5.41) is 12.4. The molecule has 4 rings (SSSR count). The Morgan fingerprint density at radius 3 is 2.90 bits per heavy atom. The molecule has 0 bridgehead atoms. The fraction of sp³-hybridized carbons (Fsp3) is 0.167. The van der Waals surface area contributed by atoms with Crippen molar-refractivity contribution in [2.75, 3.05) is 17.7 Å². The van der Waals surface area contributed by atoms with E-state index in [1.807, 2.05) is 6.92 Å². The van der Waals surface area contributed by atoms with E-state index in [-0.39, 0.29) is 17.2 Å². The van der Waals surface area contributed by atoms with Gasteiger partial charge in [0.15, 0.2) is 15.9 Å². The van der Waals surface area contributed by atoms with Gasteiger partial charge in [0, 0.05) is 11.6 Å². The van der Waals surface area contributed by atoms with Crippen LogP contribution in [0.25, 0.3) is 16.7 Å². The van der Waals surface area contributed by atoms with Crippen LogP contribution in [-0.4, -0.2) is 43.0 Å². The number of ether oxygens (including phenoxy) is 1. The number of thiazole rings is 1. The Balaban J connectivity index is 1.65. The Morgan fingerprint density at radius 2 is 2.17 bits per heavy atom. The highest BCUT2D eigenvalue weighted by atomic mass is 32.2. The summed E-state index contributed by atoms with van der Waals surface area (Å²) >= 11 is 2.49. The van der Waals surface area contributed by atoms with Crippen LogP contribution in [0.2, 0.25) is 0 Å². The summed E-state index contributed by atoms with van der Waals surface area (Å²) in [6.45, 7) is 2.46. The predicted octanol–water partition coefficient (Wildman–Crippen LogP) is 2.69. The molecule has 2 N–H and O–H groups in total. The zero-order chi connectivity index (χ0) is 20.2. The second-order valence-corrected chi connectivity index (χ2v) is 7.61. The van der Waals surface area contributed by atoms with E-state index in [2.05, 4.69) is 25.5 Å². The van der Waals surface area contributed by atoms with Crippen LogP contribution in [0.3, 0.4) is 0 Å². The molecular weight excluding hydrogens is 412 g/mol. The van der Waals surface area contributed by atoms with Gasteiger partial charge in [-0.05, 0) is 31.2 Å². The number of nitrogens with one attached hydrogen (secondary N) is 2. The number of fused-ring (bicyclic) bond motifs is 1. The third kappa shape index (κ3) is 4.15. The van der Waals surface area contributed by atoms with E-state index in [9.17, 15) is 9.59 Å². The molecule has 1 aromatic carbocycles. The van der Waals surface area contributed by atoms with Crippen LogP contribution in [0.15, 0.2) is 52.0 Å². The topological polar surface area (TPSA) is 115 Å². The van der Waals surface area contributed by atoms with E-state index in [1.165, 1.54) is 22.1 Å². The molecule has 29 heavy (non-hydrogen) atoms. The van der Waals surface area contributed by atoms with Gasteiger partial charge >= 0.3 is 0 Å². The van der Waals surface area contributed by atoms with Crippen molar-refractivity contribution in [1.29, 1.82) is 0 Å². The molecule has 148 valence electrons. The highest BCUT2D eigenvalue weighted by Gasteiger charge is 2.16. The molecule has 0 aliphatic carbocycles. The summed E-state index contributed by atoms with van der Waals surface area (Å²) in [7, 11) is 0. The smallest absolute Gasteiger partial charge is 0.269 e. The first-order valence-corrected chi connectivity index (χ1v) is 10.5. The maximum atomic E-state index is 13.0. The monoisotopic (exact) mass is 428 g/mol. The van der Waals surface area contributed by atoms with Crippen molar-refractivity contribution < 1.29 is 9.53 Å². The van der Waals surface area contributed by atoms with Gasteiger partial charge in [-0.15, -0.1) is 11.3 Å². The van der Waals surface area contributed by atoms with Gasteiger partial charge in [-0.2, -0.15) is 5.10 Å². The van der Waals surface area contributed by atoms with Crippen molar-refractivity contribution in [3.05, 3.63) is 52.4 Å². The van der Waals surface area contributed by atoms with E-state index >= 15 is 0 Å². The second-order valence-electron chi connectivity index (χ2n) is 5.77. The third-order valence-corrected chi connectivity index (χ3v) is 5.50. The van der Waals surface area contributed by atoms with E-state index in [0.717, 1.165) is 11.8 Å². The number of rotatable bonds is 7. The Morgan fingerprint density at radius 1 is 1.34 bits per heavy atom. The minimum Gasteiger partial charge on any atom is -0.494 e. The summed E-state index contributed by atoms with van der Waals surface area (Å²) in [5.41, 5.74) is 0.729. The van der Waals surface area contributed by atoms with Crippen LogP contribution in [0.4, 0.5) is 5.13 Å². The van der Waals surface area contributed by atoms with Crippen LogP contribution >= 0.6 is 23.1 Å². The van der Waals surface area contributed by atoms with E-state index in [1.54, 1.807) is 35.8 Å². The molecule has 0 saturated carbocycles. The van der Waals surface area contributed by atoms with Gasteiger partial charge in [0.05, 0.1) is 24.2 Å². The van der Waals surface area contributed by atoms with Crippen molar-refractivity contribution in [3.8, 4) is 11.4 Å². The van der Waals surface area contributed by atoms with E-state index in [4.69, 9.17) is 4.74 Å². The van der Waals surface area contributed by atoms with Gasteiger partial charge in [-0.25, -0.2) is 9.97 Å². The van der Waals surface area contributed by atoms with Crippen molar-refractivity contribution in [1.82, 2.24) is 24.7 Å². The molecule has 4 aromatic rings. The fourth-order valence-electron chi connectivity index (χ4n) is 2.63. The number of benzene rings is 1. The maximum Gasteiger partial charge on any atom is 0.269 e. The van der Waals surface area contributed by atoms with Gasteiger partial charge in [0.25, 0.3) is 5.56 Å². The summed E-state index contributed by atoms with van der Waals surface area (Å²) < 4.78 is 6.93. The van der Waals surface area contributed by atoms with Crippen molar-refractivity contribution in [2.45, 2.75) is 12.1 Å². The van der Waals surface area contributed by atoms with Crippen LogP contribution in [0, 0.1) is 0 Å². The number of nitrogens with zero attached hydrogens (tertiary/aromatic N) is 4. The molecule has 0 aliphatic rings. The molecule has 3 heterocycles. The second kappa shape index (κ2) is 8.45. The summed E-state index contributed by atoms with van der Waals surface area (Å²) in [5.74, 6) is 0.545. The molecule has 0 radical (unpaired) electrons. The lowest BCUT2D eigenvalue weighted by atomic mass is 10.3. The number of aromatic nitrogens is 5. The molecule has 1 amide bonds. The van der Waals surface area contributed by atoms with Crippen molar-refractivity contribution in [2.24, 2.45) is 0 Å². The summed E-state index contributed by atoms with van der Waals surface area (Å²) in [6, 6.07) is 7.13. The number of H-pyrrole nitrogens is 1. The average Bonchev–Trinajstić information content (AvgIpc) is 3.39. The molecule has 0 spiro atoms. The number of carbonyl (C=O) groups is 1. The van der Waals surface area contributed by atoms with Gasteiger partial charge < -0.3 is 10.1 Å². The Kier molecular flexibility index (Phi) is 5.58. The Bertz CT molecular complexity index is 1180. The zero-order valence-electron chi connectivity index (χ0n) is 15.3. The quantitative estimate of drug-likeness (QED) is 0.343. The van der Waals surface area contributed by atoms with Gasteiger partial charge in [-0.1, -0.05) is 11.8 Å². The van der Waals surface area contributed by atoms with Crippen molar-refractivity contribution in [3.63, 3.8) is 0 Å². The first-order valence-electron chi connectivity index (χ1n) is 8.67. The molecule has 3 aromatic heterocycles. The van der Waals surface area contributed by atoms with Gasteiger partial charge in [-0.3, -0.25) is 19.3 Å². The predicted molar refractivity (Wildman–Crippen MR) is 112 cm³/mol. The lowest BCUT2D eigenvalue weighted by Crippen LogP contribution is -2.22. The molecule has 0 atom stereocenters. The first-order chi connectivity index (χ1) is 14.2. The highest BCUT2D eigenvalue weighted by Crippen LogP contribution is 2.22. The molecule has 0 fully saturated rings. The third-order valence-electron chi connectivity index (χ3n) is 3.87. The molecule has 0 aliphatic heterocycles. The number of carbonyl (C=O) groups excluding carboxylic acids is 1. The SMILES string of the molecule is CCOc1ccc(-n2c(SCC(=O)Nc3nccs3)nc3[nH]ncc3c2=O)cc1. The normalized spacial score (nSPS) is 10.9. The maximum absolute atomic E-state index is 13.0.